The number of fused-ring (bicyclic) bond motifs is 2. The van der Waals surface area contributed by atoms with Gasteiger partial charge in [-0.2, -0.15) is 0 Å². The van der Waals surface area contributed by atoms with E-state index in [2.05, 4.69) is 25.2 Å². The zero-order valence-corrected chi connectivity index (χ0v) is 16.6. The highest BCUT2D eigenvalue weighted by Crippen LogP contribution is 2.31. The molecule has 0 amide bonds. The summed E-state index contributed by atoms with van der Waals surface area (Å²) < 4.78 is 4.83. The smallest absolute Gasteiger partial charge is 0.330 e. The van der Waals surface area contributed by atoms with E-state index in [-0.39, 0.29) is 5.69 Å². The second-order valence-electron chi connectivity index (χ2n) is 7.25. The second-order valence-corrected chi connectivity index (χ2v) is 8.16. The highest BCUT2D eigenvalue weighted by atomic mass is 32.1. The lowest BCUT2D eigenvalue weighted by molar-refractivity contribution is 0.354. The molecule has 4 aromatic rings. The van der Waals surface area contributed by atoms with Gasteiger partial charge in [-0.25, -0.2) is 19.7 Å². The average molecular weight is 395 g/mol. The Morgan fingerprint density at radius 3 is 2.82 bits per heavy atom. The van der Waals surface area contributed by atoms with Gasteiger partial charge in [0.25, 0.3) is 0 Å². The van der Waals surface area contributed by atoms with Crippen LogP contribution in [0.1, 0.15) is 19.8 Å². The molecule has 0 spiro atoms. The van der Waals surface area contributed by atoms with Gasteiger partial charge in [-0.1, -0.05) is 0 Å². The van der Waals surface area contributed by atoms with Crippen LogP contribution >= 0.6 is 11.3 Å². The van der Waals surface area contributed by atoms with Gasteiger partial charge in [0, 0.05) is 32.4 Å². The second kappa shape index (κ2) is 7.01. The Bertz CT molecular complexity index is 1180. The Kier molecular flexibility index (Phi) is 4.35. The Labute approximate surface area is 166 Å². The van der Waals surface area contributed by atoms with Crippen LogP contribution in [0.3, 0.4) is 0 Å². The van der Waals surface area contributed by atoms with Crippen molar-refractivity contribution >= 4 is 38.5 Å². The molecule has 1 saturated heterocycles. The molecule has 28 heavy (non-hydrogen) atoms. The molecule has 0 radical (unpaired) electrons. The standard InChI is InChI=1S/C20H22N6OS/c1-2-25-16-4-3-8-21-18(16)26(20(25)27)12-14-5-9-24(10-6-14)19-17-15(7-11-28-17)22-13-23-19/h3-4,7-8,11,13-14H,2,5-6,9-10,12H2,1H3. The van der Waals surface area contributed by atoms with Crippen LogP contribution in [0.5, 0.6) is 0 Å². The topological polar surface area (TPSA) is 68.8 Å². The largest absolute Gasteiger partial charge is 0.355 e. The third kappa shape index (κ3) is 2.79. The SMILES string of the molecule is CCn1c(=O)n(CC2CCN(c3ncnc4ccsc34)CC2)c2ncccc21. The number of hydrogen-bond donors (Lipinski definition) is 0. The molecule has 1 aliphatic heterocycles. The molecule has 0 aromatic carbocycles. The highest BCUT2D eigenvalue weighted by molar-refractivity contribution is 7.17. The summed E-state index contributed by atoms with van der Waals surface area (Å²) in [7, 11) is 0. The molecule has 0 atom stereocenters. The first kappa shape index (κ1) is 17.4. The summed E-state index contributed by atoms with van der Waals surface area (Å²) in [5.41, 5.74) is 2.79. The van der Waals surface area contributed by atoms with E-state index in [0.717, 1.165) is 59.7 Å². The van der Waals surface area contributed by atoms with Crippen molar-refractivity contribution in [3.8, 4) is 0 Å². The van der Waals surface area contributed by atoms with E-state index in [1.807, 2.05) is 34.3 Å². The number of imidazole rings is 1. The molecule has 8 heteroatoms. The van der Waals surface area contributed by atoms with Crippen LogP contribution in [0.25, 0.3) is 21.4 Å². The van der Waals surface area contributed by atoms with Crippen molar-refractivity contribution in [2.45, 2.75) is 32.9 Å². The lowest BCUT2D eigenvalue weighted by Gasteiger charge is -2.33. The van der Waals surface area contributed by atoms with Crippen LogP contribution in [0, 0.1) is 5.92 Å². The zero-order chi connectivity index (χ0) is 19.1. The number of pyridine rings is 1. The number of thiophene rings is 1. The summed E-state index contributed by atoms with van der Waals surface area (Å²) in [5.74, 6) is 1.51. The zero-order valence-electron chi connectivity index (χ0n) is 15.8. The molecule has 1 aliphatic rings. The first-order valence-corrected chi connectivity index (χ1v) is 10.6. The van der Waals surface area contributed by atoms with Crippen LogP contribution in [-0.4, -0.2) is 37.2 Å². The third-order valence-electron chi connectivity index (χ3n) is 5.67. The molecule has 7 nitrogen and oxygen atoms in total. The van der Waals surface area contributed by atoms with Gasteiger partial charge < -0.3 is 4.90 Å². The van der Waals surface area contributed by atoms with Crippen LogP contribution < -0.4 is 10.6 Å². The van der Waals surface area contributed by atoms with Crippen molar-refractivity contribution in [3.05, 3.63) is 46.6 Å². The highest BCUT2D eigenvalue weighted by Gasteiger charge is 2.24. The first-order chi connectivity index (χ1) is 13.8. The molecule has 4 aromatic heterocycles. The van der Waals surface area contributed by atoms with Crippen molar-refractivity contribution in [2.75, 3.05) is 18.0 Å². The molecule has 0 unspecified atom stereocenters. The van der Waals surface area contributed by atoms with E-state index in [0.29, 0.717) is 12.5 Å². The van der Waals surface area contributed by atoms with Crippen LogP contribution in [0.2, 0.25) is 0 Å². The molecule has 0 aliphatic carbocycles. The number of anilines is 1. The maximum atomic E-state index is 12.9. The van der Waals surface area contributed by atoms with E-state index >= 15 is 0 Å². The fraction of sp³-hybridized carbons (Fsp3) is 0.400. The maximum absolute atomic E-state index is 12.9. The Hall–Kier alpha value is -2.74. The van der Waals surface area contributed by atoms with Gasteiger partial charge in [0.2, 0.25) is 0 Å². The van der Waals surface area contributed by atoms with E-state index < -0.39 is 0 Å². The molecule has 0 N–H and O–H groups in total. The predicted octanol–water partition coefficient (Wildman–Crippen LogP) is 3.14. The Balaban J connectivity index is 1.36. The molecule has 1 fully saturated rings. The van der Waals surface area contributed by atoms with Crippen LogP contribution in [0.15, 0.2) is 40.9 Å². The van der Waals surface area contributed by atoms with E-state index in [1.165, 1.54) is 0 Å². The van der Waals surface area contributed by atoms with Crippen LogP contribution in [0.4, 0.5) is 5.82 Å². The number of aromatic nitrogens is 5. The van der Waals surface area contributed by atoms with Gasteiger partial charge in [0.05, 0.1) is 15.7 Å². The summed E-state index contributed by atoms with van der Waals surface area (Å²) in [6, 6.07) is 5.92. The Morgan fingerprint density at radius 2 is 2.00 bits per heavy atom. The third-order valence-corrected chi connectivity index (χ3v) is 6.57. The van der Waals surface area contributed by atoms with Crippen molar-refractivity contribution in [2.24, 2.45) is 5.92 Å². The fourth-order valence-electron chi connectivity index (χ4n) is 4.20. The minimum Gasteiger partial charge on any atom is -0.355 e. The molecular weight excluding hydrogens is 372 g/mol. The van der Waals surface area contributed by atoms with Crippen molar-refractivity contribution in [1.82, 2.24) is 24.1 Å². The number of rotatable bonds is 4. The van der Waals surface area contributed by atoms with E-state index in [9.17, 15) is 4.79 Å². The van der Waals surface area contributed by atoms with Crippen molar-refractivity contribution in [3.63, 3.8) is 0 Å². The quantitative estimate of drug-likeness (QED) is 0.532. The number of piperidine rings is 1. The van der Waals surface area contributed by atoms with Gasteiger partial charge >= 0.3 is 5.69 Å². The number of nitrogens with zero attached hydrogens (tertiary/aromatic N) is 6. The van der Waals surface area contributed by atoms with Gasteiger partial charge in [-0.05, 0) is 49.3 Å². The fourth-order valence-corrected chi connectivity index (χ4v) is 5.07. The summed E-state index contributed by atoms with van der Waals surface area (Å²) in [6.07, 6.45) is 5.49. The molecular formula is C20H22N6OS. The minimum absolute atomic E-state index is 0.0507. The lowest BCUT2D eigenvalue weighted by atomic mass is 9.96. The summed E-state index contributed by atoms with van der Waals surface area (Å²) >= 11 is 1.70. The molecule has 0 bridgehead atoms. The minimum atomic E-state index is 0.0507. The molecule has 144 valence electrons. The van der Waals surface area contributed by atoms with E-state index in [1.54, 1.807) is 23.9 Å². The van der Waals surface area contributed by atoms with Crippen LogP contribution in [-0.2, 0) is 13.1 Å². The molecule has 0 saturated carbocycles. The lowest BCUT2D eigenvalue weighted by Crippen LogP contribution is -2.37. The summed E-state index contributed by atoms with van der Waals surface area (Å²) in [5, 5.41) is 2.07. The van der Waals surface area contributed by atoms with Gasteiger partial charge in [-0.3, -0.25) is 9.13 Å². The molecule has 5 heterocycles. The van der Waals surface area contributed by atoms with Gasteiger partial charge in [0.1, 0.15) is 12.1 Å². The average Bonchev–Trinajstić information content (AvgIpc) is 3.31. The molecule has 5 rings (SSSR count). The van der Waals surface area contributed by atoms with Gasteiger partial charge in [0.15, 0.2) is 5.65 Å². The number of hydrogen-bond acceptors (Lipinski definition) is 6. The normalized spacial score (nSPS) is 15.7. The number of aryl methyl sites for hydroxylation is 1. The Morgan fingerprint density at radius 1 is 1.14 bits per heavy atom. The monoisotopic (exact) mass is 394 g/mol. The summed E-state index contributed by atoms with van der Waals surface area (Å²) in [6.45, 7) is 5.29. The first-order valence-electron chi connectivity index (χ1n) is 9.73. The summed E-state index contributed by atoms with van der Waals surface area (Å²) in [4.78, 5) is 28.6. The van der Waals surface area contributed by atoms with Gasteiger partial charge in [-0.15, -0.1) is 11.3 Å². The van der Waals surface area contributed by atoms with Crippen molar-refractivity contribution in [1.29, 1.82) is 0 Å². The van der Waals surface area contributed by atoms with E-state index in [4.69, 9.17) is 0 Å². The predicted molar refractivity (Wildman–Crippen MR) is 112 cm³/mol. The maximum Gasteiger partial charge on any atom is 0.330 e. The van der Waals surface area contributed by atoms with Crippen molar-refractivity contribution < 1.29 is 0 Å².